The van der Waals surface area contributed by atoms with Crippen LogP contribution >= 0.6 is 0 Å². The van der Waals surface area contributed by atoms with Crippen molar-refractivity contribution in [3.8, 4) is 12.3 Å². The van der Waals surface area contributed by atoms with Crippen molar-refractivity contribution in [2.75, 3.05) is 0 Å². The fourth-order valence-corrected chi connectivity index (χ4v) is 0.880. The van der Waals surface area contributed by atoms with Crippen molar-refractivity contribution in [1.29, 1.82) is 0 Å². The van der Waals surface area contributed by atoms with Gasteiger partial charge in [0.15, 0.2) is 11.6 Å². The topological polar surface area (TPSA) is 0 Å². The molecule has 74 valence electrons. The van der Waals surface area contributed by atoms with E-state index in [9.17, 15) is 22.0 Å². The summed E-state index contributed by atoms with van der Waals surface area (Å²) in [4.78, 5) is 0. The van der Waals surface area contributed by atoms with E-state index in [0.29, 0.717) is 12.1 Å². The first-order valence-corrected chi connectivity index (χ1v) is 3.39. The number of alkyl halides is 3. The first-order chi connectivity index (χ1) is 6.38. The van der Waals surface area contributed by atoms with Crippen molar-refractivity contribution in [1.82, 2.24) is 0 Å². The highest BCUT2D eigenvalue weighted by Crippen LogP contribution is 2.32. The molecule has 0 aromatic heterocycles. The third-order valence-corrected chi connectivity index (χ3v) is 1.54. The normalized spacial score (nSPS) is 11.1. The second kappa shape index (κ2) is 3.29. The van der Waals surface area contributed by atoms with Gasteiger partial charge in [0.2, 0.25) is 0 Å². The molecule has 0 aliphatic heterocycles. The molecule has 1 rings (SSSR count). The van der Waals surface area contributed by atoms with E-state index < -0.39 is 28.9 Å². The van der Waals surface area contributed by atoms with Crippen LogP contribution in [0.25, 0.3) is 0 Å². The van der Waals surface area contributed by atoms with Gasteiger partial charge in [-0.2, -0.15) is 13.2 Å². The van der Waals surface area contributed by atoms with Crippen molar-refractivity contribution in [3.63, 3.8) is 0 Å². The SMILES string of the molecule is C#Cc1ccc(C(F)(F)F)c(F)c1F. The lowest BCUT2D eigenvalue weighted by molar-refractivity contribution is -0.140. The molecule has 0 spiro atoms. The van der Waals surface area contributed by atoms with Crippen molar-refractivity contribution in [3.05, 3.63) is 34.9 Å². The molecule has 0 saturated heterocycles. The Morgan fingerprint density at radius 3 is 2.07 bits per heavy atom. The fourth-order valence-electron chi connectivity index (χ4n) is 0.880. The van der Waals surface area contributed by atoms with Gasteiger partial charge in [0, 0.05) is 0 Å². The van der Waals surface area contributed by atoms with Crippen molar-refractivity contribution < 1.29 is 22.0 Å². The van der Waals surface area contributed by atoms with Gasteiger partial charge in [-0.15, -0.1) is 6.42 Å². The summed E-state index contributed by atoms with van der Waals surface area (Å²) in [5, 5.41) is 0. The highest BCUT2D eigenvalue weighted by molar-refractivity contribution is 5.37. The Labute approximate surface area is 76.4 Å². The summed E-state index contributed by atoms with van der Waals surface area (Å²) in [5.74, 6) is -1.88. The van der Waals surface area contributed by atoms with Crippen LogP contribution in [0.1, 0.15) is 11.1 Å². The van der Waals surface area contributed by atoms with Crippen LogP contribution in [0.5, 0.6) is 0 Å². The summed E-state index contributed by atoms with van der Waals surface area (Å²) < 4.78 is 61.5. The molecule has 0 unspecified atom stereocenters. The van der Waals surface area contributed by atoms with Crippen LogP contribution in [-0.4, -0.2) is 0 Å². The Kier molecular flexibility index (Phi) is 2.47. The molecule has 5 heteroatoms. The van der Waals surface area contributed by atoms with Gasteiger partial charge in [0.1, 0.15) is 0 Å². The number of rotatable bonds is 0. The third-order valence-electron chi connectivity index (χ3n) is 1.54. The van der Waals surface area contributed by atoms with E-state index in [1.54, 1.807) is 5.92 Å². The molecule has 0 amide bonds. The van der Waals surface area contributed by atoms with Crippen LogP contribution in [0, 0.1) is 24.0 Å². The number of benzene rings is 1. The molecule has 1 aromatic rings. The van der Waals surface area contributed by atoms with Crippen LogP contribution in [0.3, 0.4) is 0 Å². The van der Waals surface area contributed by atoms with Gasteiger partial charge < -0.3 is 0 Å². The molecule has 0 bridgehead atoms. The maximum atomic E-state index is 12.8. The van der Waals surface area contributed by atoms with Gasteiger partial charge in [-0.25, -0.2) is 8.78 Å². The molecule has 0 radical (unpaired) electrons. The predicted octanol–water partition coefficient (Wildman–Crippen LogP) is 2.96. The van der Waals surface area contributed by atoms with Crippen LogP contribution in [-0.2, 0) is 6.18 Å². The molecule has 0 N–H and O–H groups in total. The summed E-state index contributed by atoms with van der Waals surface area (Å²) in [6.07, 6.45) is -0.178. The van der Waals surface area contributed by atoms with E-state index in [4.69, 9.17) is 6.42 Å². The summed E-state index contributed by atoms with van der Waals surface area (Å²) in [5.41, 5.74) is -2.19. The molecular weight excluding hydrogens is 203 g/mol. The first kappa shape index (κ1) is 10.5. The molecule has 1 aromatic carbocycles. The first-order valence-electron chi connectivity index (χ1n) is 3.39. The fraction of sp³-hybridized carbons (Fsp3) is 0.111. The number of hydrogen-bond donors (Lipinski definition) is 0. The number of hydrogen-bond acceptors (Lipinski definition) is 0. The molecule has 0 nitrogen and oxygen atoms in total. The van der Waals surface area contributed by atoms with Crippen molar-refractivity contribution in [2.24, 2.45) is 0 Å². The minimum absolute atomic E-state index is 0.410. The lowest BCUT2D eigenvalue weighted by atomic mass is 10.1. The van der Waals surface area contributed by atoms with Crippen molar-refractivity contribution >= 4 is 0 Å². The summed E-state index contributed by atoms with van der Waals surface area (Å²) in [6.45, 7) is 0. The largest absolute Gasteiger partial charge is 0.419 e. The molecule has 0 fully saturated rings. The van der Waals surface area contributed by atoms with Gasteiger partial charge >= 0.3 is 6.18 Å². The number of halogens is 5. The van der Waals surface area contributed by atoms with Gasteiger partial charge in [-0.05, 0) is 12.1 Å². The minimum Gasteiger partial charge on any atom is -0.203 e. The molecule has 0 aliphatic rings. The lowest BCUT2D eigenvalue weighted by Gasteiger charge is -2.08. The van der Waals surface area contributed by atoms with Gasteiger partial charge in [0.25, 0.3) is 0 Å². The van der Waals surface area contributed by atoms with E-state index in [0.717, 1.165) is 0 Å². The zero-order valence-corrected chi connectivity index (χ0v) is 6.62. The minimum atomic E-state index is -4.92. The van der Waals surface area contributed by atoms with Gasteiger partial charge in [0.05, 0.1) is 11.1 Å². The van der Waals surface area contributed by atoms with E-state index in [2.05, 4.69) is 0 Å². The smallest absolute Gasteiger partial charge is 0.203 e. The summed E-state index contributed by atoms with van der Waals surface area (Å²) >= 11 is 0. The zero-order valence-electron chi connectivity index (χ0n) is 6.62. The average Bonchev–Trinajstić information content (AvgIpc) is 2.07. The average molecular weight is 206 g/mol. The van der Waals surface area contributed by atoms with E-state index >= 15 is 0 Å². The van der Waals surface area contributed by atoms with Gasteiger partial charge in [-0.1, -0.05) is 5.92 Å². The lowest BCUT2D eigenvalue weighted by Crippen LogP contribution is -2.10. The van der Waals surface area contributed by atoms with E-state index in [-0.39, 0.29) is 0 Å². The second-order valence-electron chi connectivity index (χ2n) is 2.43. The third kappa shape index (κ3) is 1.69. The van der Waals surface area contributed by atoms with Crippen LogP contribution < -0.4 is 0 Å². The predicted molar refractivity (Wildman–Crippen MR) is 39.3 cm³/mol. The maximum Gasteiger partial charge on any atom is 0.419 e. The van der Waals surface area contributed by atoms with Crippen LogP contribution in [0.15, 0.2) is 12.1 Å². The molecule has 0 heterocycles. The standard InChI is InChI=1S/C9H3F5/c1-2-5-3-4-6(9(12,13)14)8(11)7(5)10/h1,3-4H. The summed E-state index contributed by atoms with van der Waals surface area (Å²) in [6, 6.07) is 1.12. The molecule has 0 saturated carbocycles. The van der Waals surface area contributed by atoms with Crippen LogP contribution in [0.2, 0.25) is 0 Å². The van der Waals surface area contributed by atoms with Crippen molar-refractivity contribution in [2.45, 2.75) is 6.18 Å². The molecule has 14 heavy (non-hydrogen) atoms. The second-order valence-corrected chi connectivity index (χ2v) is 2.43. The summed E-state index contributed by atoms with van der Waals surface area (Å²) in [7, 11) is 0. The molecule has 0 atom stereocenters. The van der Waals surface area contributed by atoms with E-state index in [1.165, 1.54) is 0 Å². The highest BCUT2D eigenvalue weighted by Gasteiger charge is 2.35. The number of terminal acetylenes is 1. The Bertz CT molecular complexity index is 397. The Balaban J connectivity index is 3.41. The van der Waals surface area contributed by atoms with E-state index in [1.807, 2.05) is 0 Å². The monoisotopic (exact) mass is 206 g/mol. The van der Waals surface area contributed by atoms with Crippen LogP contribution in [0.4, 0.5) is 22.0 Å². The maximum absolute atomic E-state index is 12.8. The Morgan fingerprint density at radius 2 is 1.64 bits per heavy atom. The molecular formula is C9H3F5. The highest BCUT2D eigenvalue weighted by atomic mass is 19.4. The Hall–Kier alpha value is -1.57. The van der Waals surface area contributed by atoms with Gasteiger partial charge in [-0.3, -0.25) is 0 Å². The quantitative estimate of drug-likeness (QED) is 0.452. The molecule has 0 aliphatic carbocycles. The zero-order chi connectivity index (χ0) is 10.9. The Morgan fingerprint density at radius 1 is 1.07 bits per heavy atom.